The van der Waals surface area contributed by atoms with Crippen molar-refractivity contribution < 1.29 is 13.2 Å². The number of nitrogens with one attached hydrogen (secondary N) is 1. The number of nitrogens with two attached hydrogens (primary N) is 1. The fourth-order valence-corrected chi connectivity index (χ4v) is 4.66. The van der Waals surface area contributed by atoms with E-state index in [0.29, 0.717) is 42.3 Å². The Labute approximate surface area is 171 Å². The summed E-state index contributed by atoms with van der Waals surface area (Å²) in [7, 11) is -3.54. The lowest BCUT2D eigenvalue weighted by Crippen LogP contribution is -2.41. The summed E-state index contributed by atoms with van der Waals surface area (Å²) >= 11 is 0. The third-order valence-corrected chi connectivity index (χ3v) is 6.89. The van der Waals surface area contributed by atoms with Crippen molar-refractivity contribution >= 4 is 39.8 Å². The first-order valence-corrected chi connectivity index (χ1v) is 10.3. The number of benzene rings is 1. The zero-order valence-corrected chi connectivity index (χ0v) is 17.5. The van der Waals surface area contributed by atoms with Crippen molar-refractivity contribution in [3.8, 4) is 0 Å². The van der Waals surface area contributed by atoms with Crippen LogP contribution in [0.3, 0.4) is 0 Å². The number of rotatable bonds is 4. The minimum atomic E-state index is -3.54. The Morgan fingerprint density at radius 2 is 1.82 bits per heavy atom. The molecule has 0 aliphatic carbocycles. The van der Waals surface area contributed by atoms with E-state index in [2.05, 4.69) is 10.3 Å². The normalized spacial score (nSPS) is 15.6. The van der Waals surface area contributed by atoms with Gasteiger partial charge in [-0.2, -0.15) is 4.31 Å². The Kier molecular flexibility index (Phi) is 7.03. The number of carbonyl (C=O) groups excluding carboxylic acids is 1. The van der Waals surface area contributed by atoms with E-state index in [4.69, 9.17) is 5.73 Å². The number of hydrogen-bond acceptors (Lipinski definition) is 5. The zero-order chi connectivity index (χ0) is 19.6. The van der Waals surface area contributed by atoms with Gasteiger partial charge >= 0.3 is 0 Å². The van der Waals surface area contributed by atoms with Crippen LogP contribution in [0.25, 0.3) is 0 Å². The van der Waals surface area contributed by atoms with Gasteiger partial charge in [0.1, 0.15) is 5.82 Å². The Morgan fingerprint density at radius 3 is 2.39 bits per heavy atom. The molecule has 0 spiro atoms. The van der Waals surface area contributed by atoms with Crippen molar-refractivity contribution in [2.75, 3.05) is 24.1 Å². The van der Waals surface area contributed by atoms with Gasteiger partial charge < -0.3 is 11.1 Å². The van der Waals surface area contributed by atoms with Gasteiger partial charge in [0.05, 0.1) is 16.8 Å². The van der Waals surface area contributed by atoms with E-state index in [1.165, 1.54) is 10.5 Å². The molecule has 9 heteroatoms. The molecule has 2 aromatic rings. The first-order valence-electron chi connectivity index (χ1n) is 8.87. The maximum Gasteiger partial charge on any atom is 0.243 e. The van der Waals surface area contributed by atoms with Crippen LogP contribution in [0, 0.1) is 19.8 Å². The van der Waals surface area contributed by atoms with Gasteiger partial charge in [0.2, 0.25) is 15.9 Å². The van der Waals surface area contributed by atoms with E-state index < -0.39 is 10.0 Å². The van der Waals surface area contributed by atoms with Crippen LogP contribution in [0.1, 0.15) is 24.0 Å². The Morgan fingerprint density at radius 1 is 1.14 bits per heavy atom. The van der Waals surface area contributed by atoms with Gasteiger partial charge in [-0.05, 0) is 62.1 Å². The molecule has 1 amide bonds. The number of aryl methyl sites for hydroxylation is 2. The molecule has 0 unspecified atom stereocenters. The van der Waals surface area contributed by atoms with Gasteiger partial charge in [-0.3, -0.25) is 4.79 Å². The number of nitrogen functional groups attached to an aromatic ring is 1. The minimum Gasteiger partial charge on any atom is -0.384 e. The van der Waals surface area contributed by atoms with Crippen molar-refractivity contribution in [1.29, 1.82) is 0 Å². The first-order chi connectivity index (χ1) is 12.8. The summed E-state index contributed by atoms with van der Waals surface area (Å²) in [6.45, 7) is 4.50. The minimum absolute atomic E-state index is 0. The van der Waals surface area contributed by atoms with Gasteiger partial charge in [-0.1, -0.05) is 6.07 Å². The molecule has 28 heavy (non-hydrogen) atoms. The third-order valence-electron chi connectivity index (χ3n) is 4.99. The van der Waals surface area contributed by atoms with E-state index in [9.17, 15) is 13.2 Å². The number of nitrogens with zero attached hydrogens (tertiary/aromatic N) is 2. The summed E-state index contributed by atoms with van der Waals surface area (Å²) in [4.78, 5) is 16.7. The van der Waals surface area contributed by atoms with Crippen LogP contribution in [0.4, 0.5) is 11.5 Å². The second-order valence-electron chi connectivity index (χ2n) is 6.89. The average Bonchev–Trinajstić information content (AvgIpc) is 2.66. The number of sulfonamides is 1. The Hall–Kier alpha value is -2.16. The van der Waals surface area contributed by atoms with Crippen LogP contribution < -0.4 is 11.1 Å². The molecule has 1 aromatic carbocycles. The smallest absolute Gasteiger partial charge is 0.243 e. The summed E-state index contributed by atoms with van der Waals surface area (Å²) in [6.07, 6.45) is 2.48. The molecular formula is C19H25ClN4O3S. The molecule has 0 saturated carbocycles. The second-order valence-corrected chi connectivity index (χ2v) is 8.82. The predicted molar refractivity (Wildman–Crippen MR) is 112 cm³/mol. The Balaban J connectivity index is 0.00000280. The molecule has 1 saturated heterocycles. The number of piperidine rings is 1. The summed E-state index contributed by atoms with van der Waals surface area (Å²) in [5, 5.41) is 2.81. The van der Waals surface area contributed by atoms with Gasteiger partial charge in [0.25, 0.3) is 0 Å². The number of carbonyl (C=O) groups is 1. The second kappa shape index (κ2) is 8.89. The summed E-state index contributed by atoms with van der Waals surface area (Å²) in [6, 6.07) is 8.49. The molecule has 1 aromatic heterocycles. The number of amides is 1. The van der Waals surface area contributed by atoms with Crippen molar-refractivity contribution in [3.63, 3.8) is 0 Å². The highest BCUT2D eigenvalue weighted by molar-refractivity contribution is 7.89. The van der Waals surface area contributed by atoms with Crippen LogP contribution >= 0.6 is 12.4 Å². The monoisotopic (exact) mass is 424 g/mol. The van der Waals surface area contributed by atoms with Gasteiger partial charge in [0.15, 0.2) is 0 Å². The van der Waals surface area contributed by atoms with E-state index in [-0.39, 0.29) is 24.2 Å². The number of aromatic nitrogens is 1. The molecule has 1 aliphatic heterocycles. The lowest BCUT2D eigenvalue weighted by molar-refractivity contribution is -0.120. The van der Waals surface area contributed by atoms with E-state index in [1.807, 2.05) is 19.9 Å². The highest BCUT2D eigenvalue weighted by Crippen LogP contribution is 2.26. The predicted octanol–water partition coefficient (Wildman–Crippen LogP) is 2.74. The maximum atomic E-state index is 12.9. The third kappa shape index (κ3) is 4.81. The fourth-order valence-electron chi connectivity index (χ4n) is 3.11. The van der Waals surface area contributed by atoms with Crippen LogP contribution in [-0.4, -0.2) is 36.7 Å². The van der Waals surface area contributed by atoms with E-state index >= 15 is 0 Å². The van der Waals surface area contributed by atoms with Gasteiger partial charge in [0, 0.05) is 19.0 Å². The Bertz CT molecular complexity index is 940. The van der Waals surface area contributed by atoms with Crippen molar-refractivity contribution in [2.24, 2.45) is 5.92 Å². The molecule has 3 rings (SSSR count). The SMILES string of the molecule is Cc1ccc(S(=O)(=O)N2CCC(C(=O)Nc3ccc(N)nc3)CC2)cc1C.Cl. The van der Waals surface area contributed by atoms with Crippen LogP contribution in [0.15, 0.2) is 41.4 Å². The topological polar surface area (TPSA) is 105 Å². The van der Waals surface area contributed by atoms with Crippen LogP contribution in [0.5, 0.6) is 0 Å². The number of anilines is 2. The van der Waals surface area contributed by atoms with E-state index in [1.54, 1.807) is 24.3 Å². The molecule has 0 atom stereocenters. The first kappa shape index (κ1) is 22.1. The molecule has 7 nitrogen and oxygen atoms in total. The molecule has 152 valence electrons. The van der Waals surface area contributed by atoms with Crippen molar-refractivity contribution in [3.05, 3.63) is 47.7 Å². The number of halogens is 1. The van der Waals surface area contributed by atoms with Gasteiger partial charge in [-0.15, -0.1) is 12.4 Å². The molecule has 0 radical (unpaired) electrons. The van der Waals surface area contributed by atoms with Crippen molar-refractivity contribution in [1.82, 2.24) is 9.29 Å². The summed E-state index contributed by atoms with van der Waals surface area (Å²) in [5.74, 6) is 0.0383. The maximum absolute atomic E-state index is 12.9. The number of hydrogen-bond donors (Lipinski definition) is 2. The van der Waals surface area contributed by atoms with E-state index in [0.717, 1.165) is 11.1 Å². The molecule has 1 fully saturated rings. The average molecular weight is 425 g/mol. The standard InChI is InChI=1S/C19H24N4O3S.ClH/c1-13-3-5-17(11-14(13)2)27(25,26)23-9-7-15(8-10-23)19(24)22-16-4-6-18(20)21-12-16;/h3-6,11-12,15H,7-10H2,1-2H3,(H2,20,21)(H,22,24);1H. The van der Waals surface area contributed by atoms with Gasteiger partial charge in [-0.25, -0.2) is 13.4 Å². The van der Waals surface area contributed by atoms with Crippen LogP contribution in [0.2, 0.25) is 0 Å². The lowest BCUT2D eigenvalue weighted by atomic mass is 9.97. The molecule has 3 N–H and O–H groups in total. The molecule has 0 bridgehead atoms. The summed E-state index contributed by atoms with van der Waals surface area (Å²) in [5.41, 5.74) is 8.12. The molecule has 2 heterocycles. The zero-order valence-electron chi connectivity index (χ0n) is 15.9. The van der Waals surface area contributed by atoms with Crippen molar-refractivity contribution in [2.45, 2.75) is 31.6 Å². The molecule has 1 aliphatic rings. The highest BCUT2D eigenvalue weighted by atomic mass is 35.5. The fraction of sp³-hybridized carbons (Fsp3) is 0.368. The number of pyridine rings is 1. The highest BCUT2D eigenvalue weighted by Gasteiger charge is 2.32. The molecular weight excluding hydrogens is 400 g/mol. The summed E-state index contributed by atoms with van der Waals surface area (Å²) < 4.78 is 27.2. The quantitative estimate of drug-likeness (QED) is 0.784. The largest absolute Gasteiger partial charge is 0.384 e. The lowest BCUT2D eigenvalue weighted by Gasteiger charge is -2.30. The van der Waals surface area contributed by atoms with Crippen LogP contribution in [-0.2, 0) is 14.8 Å².